The van der Waals surface area contributed by atoms with Gasteiger partial charge in [-0.15, -0.1) is 0 Å². The van der Waals surface area contributed by atoms with Crippen LogP contribution in [0.15, 0.2) is 24.3 Å². The first kappa shape index (κ1) is 13.9. The van der Waals surface area contributed by atoms with Crippen LogP contribution in [0.3, 0.4) is 0 Å². The third-order valence-corrected chi connectivity index (χ3v) is 3.82. The molecule has 0 aliphatic carbocycles. The smallest absolute Gasteiger partial charge is 0.261 e. The molecule has 1 heterocycles. The molecule has 1 aromatic carbocycles. The van der Waals surface area contributed by atoms with Crippen LogP contribution in [0.4, 0.5) is 0 Å². The van der Waals surface area contributed by atoms with Crippen LogP contribution in [0.25, 0.3) is 0 Å². The predicted octanol–water partition coefficient (Wildman–Crippen LogP) is 3.25. The van der Waals surface area contributed by atoms with Crippen LogP contribution >= 0.6 is 0 Å². The van der Waals surface area contributed by atoms with Gasteiger partial charge in [-0.2, -0.15) is 0 Å². The normalized spacial score (nSPS) is 21.4. The van der Waals surface area contributed by atoms with E-state index >= 15 is 0 Å². The first-order valence-electron chi connectivity index (χ1n) is 7.25. The third-order valence-electron chi connectivity index (χ3n) is 3.82. The molecule has 1 amide bonds. The van der Waals surface area contributed by atoms with E-state index in [9.17, 15) is 4.79 Å². The molecule has 0 spiro atoms. The zero-order valence-corrected chi connectivity index (χ0v) is 11.8. The Morgan fingerprint density at radius 3 is 2.74 bits per heavy atom. The van der Waals surface area contributed by atoms with Gasteiger partial charge in [-0.3, -0.25) is 4.79 Å². The van der Waals surface area contributed by atoms with Crippen LogP contribution in [0, 0.1) is 0 Å². The van der Waals surface area contributed by atoms with Crippen molar-refractivity contribution in [3.63, 3.8) is 0 Å². The molecule has 0 aromatic heterocycles. The van der Waals surface area contributed by atoms with Crippen molar-refractivity contribution in [1.29, 1.82) is 0 Å². The van der Waals surface area contributed by atoms with E-state index < -0.39 is 0 Å². The predicted molar refractivity (Wildman–Crippen MR) is 76.4 cm³/mol. The van der Waals surface area contributed by atoms with E-state index in [1.165, 1.54) is 5.56 Å². The summed E-state index contributed by atoms with van der Waals surface area (Å²) < 4.78 is 5.80. The van der Waals surface area contributed by atoms with Crippen LogP contribution in [-0.4, -0.2) is 18.6 Å². The first-order valence-corrected chi connectivity index (χ1v) is 7.25. The second-order valence-corrected chi connectivity index (χ2v) is 5.27. The van der Waals surface area contributed by atoms with Gasteiger partial charge >= 0.3 is 0 Å². The maximum absolute atomic E-state index is 11.8. The van der Waals surface area contributed by atoms with Crippen molar-refractivity contribution < 1.29 is 9.53 Å². The molecule has 3 heteroatoms. The number of hydrogen-bond acceptors (Lipinski definition) is 2. The molecule has 104 valence electrons. The van der Waals surface area contributed by atoms with Gasteiger partial charge in [0.15, 0.2) is 6.10 Å². The SMILES string of the molecule is CCC(C)c1ccc(OC2CCCCNC2=O)cc1. The second-order valence-electron chi connectivity index (χ2n) is 5.27. The van der Waals surface area contributed by atoms with E-state index in [4.69, 9.17) is 4.74 Å². The van der Waals surface area contributed by atoms with Crippen molar-refractivity contribution in [2.24, 2.45) is 0 Å². The molecule has 0 radical (unpaired) electrons. The summed E-state index contributed by atoms with van der Waals surface area (Å²) in [6, 6.07) is 8.13. The summed E-state index contributed by atoms with van der Waals surface area (Å²) in [7, 11) is 0. The van der Waals surface area contributed by atoms with Gasteiger partial charge in [0.25, 0.3) is 5.91 Å². The average molecular weight is 261 g/mol. The quantitative estimate of drug-likeness (QED) is 0.903. The lowest BCUT2D eigenvalue weighted by atomic mass is 9.99. The molecule has 2 unspecified atom stereocenters. The summed E-state index contributed by atoms with van der Waals surface area (Å²) in [5.74, 6) is 1.37. The monoisotopic (exact) mass is 261 g/mol. The zero-order chi connectivity index (χ0) is 13.7. The Bertz CT molecular complexity index is 413. The molecule has 1 fully saturated rings. The molecule has 1 aromatic rings. The van der Waals surface area contributed by atoms with Crippen molar-refractivity contribution in [1.82, 2.24) is 5.32 Å². The first-order chi connectivity index (χ1) is 9.20. The molecule has 2 rings (SSSR count). The minimum atomic E-state index is -0.336. The molecule has 2 atom stereocenters. The zero-order valence-electron chi connectivity index (χ0n) is 11.8. The summed E-state index contributed by atoms with van der Waals surface area (Å²) in [6.45, 7) is 5.17. The minimum absolute atomic E-state index is 0.0171. The summed E-state index contributed by atoms with van der Waals surface area (Å²) in [5, 5.41) is 2.89. The van der Waals surface area contributed by atoms with Crippen molar-refractivity contribution >= 4 is 5.91 Å². The average Bonchev–Trinajstić information content (AvgIpc) is 2.64. The van der Waals surface area contributed by atoms with Crippen molar-refractivity contribution in [3.8, 4) is 5.75 Å². The van der Waals surface area contributed by atoms with Crippen LogP contribution in [-0.2, 0) is 4.79 Å². The highest BCUT2D eigenvalue weighted by atomic mass is 16.5. The molecule has 1 aliphatic heterocycles. The fraction of sp³-hybridized carbons (Fsp3) is 0.562. The molecule has 1 aliphatic rings. The highest BCUT2D eigenvalue weighted by Gasteiger charge is 2.22. The molecule has 1 saturated heterocycles. The number of amides is 1. The van der Waals surface area contributed by atoms with E-state index in [0.717, 1.165) is 38.0 Å². The molecular weight excluding hydrogens is 238 g/mol. The van der Waals surface area contributed by atoms with Gasteiger partial charge in [0.2, 0.25) is 0 Å². The number of ether oxygens (including phenoxy) is 1. The highest BCUT2D eigenvalue weighted by Crippen LogP contribution is 2.23. The Hall–Kier alpha value is -1.51. The van der Waals surface area contributed by atoms with E-state index in [1.54, 1.807) is 0 Å². The summed E-state index contributed by atoms with van der Waals surface area (Å²) >= 11 is 0. The van der Waals surface area contributed by atoms with Gasteiger partial charge in [0.1, 0.15) is 5.75 Å². The number of nitrogens with one attached hydrogen (secondary N) is 1. The van der Waals surface area contributed by atoms with Gasteiger partial charge in [0.05, 0.1) is 0 Å². The number of carbonyl (C=O) groups is 1. The third kappa shape index (κ3) is 3.72. The summed E-state index contributed by atoms with van der Waals surface area (Å²) in [5.41, 5.74) is 1.32. The fourth-order valence-electron chi connectivity index (χ4n) is 2.30. The lowest BCUT2D eigenvalue weighted by Gasteiger charge is -2.16. The lowest BCUT2D eigenvalue weighted by molar-refractivity contribution is -0.127. The largest absolute Gasteiger partial charge is 0.481 e. The Morgan fingerprint density at radius 1 is 1.32 bits per heavy atom. The highest BCUT2D eigenvalue weighted by molar-refractivity contribution is 5.81. The van der Waals surface area contributed by atoms with Crippen LogP contribution in [0.5, 0.6) is 5.75 Å². The van der Waals surface area contributed by atoms with Crippen LogP contribution in [0.2, 0.25) is 0 Å². The van der Waals surface area contributed by atoms with Crippen molar-refractivity contribution in [2.45, 2.75) is 51.6 Å². The molecular formula is C16H23NO2. The van der Waals surface area contributed by atoms with Gasteiger partial charge in [-0.1, -0.05) is 26.0 Å². The van der Waals surface area contributed by atoms with E-state index in [2.05, 4.69) is 31.3 Å². The summed E-state index contributed by atoms with van der Waals surface area (Å²) in [6.07, 6.45) is 3.67. The molecule has 1 N–H and O–H groups in total. The van der Waals surface area contributed by atoms with E-state index in [1.807, 2.05) is 12.1 Å². The van der Waals surface area contributed by atoms with E-state index in [0.29, 0.717) is 5.92 Å². The van der Waals surface area contributed by atoms with Gasteiger partial charge in [-0.05, 0) is 49.3 Å². The van der Waals surface area contributed by atoms with Crippen LogP contribution < -0.4 is 10.1 Å². The minimum Gasteiger partial charge on any atom is -0.481 e. The fourth-order valence-corrected chi connectivity index (χ4v) is 2.30. The number of hydrogen-bond donors (Lipinski definition) is 1. The molecule has 0 saturated carbocycles. The van der Waals surface area contributed by atoms with Gasteiger partial charge < -0.3 is 10.1 Å². The topological polar surface area (TPSA) is 38.3 Å². The molecule has 0 bridgehead atoms. The molecule has 19 heavy (non-hydrogen) atoms. The molecule has 3 nitrogen and oxygen atoms in total. The standard InChI is InChI=1S/C16H23NO2/c1-3-12(2)13-7-9-14(10-8-13)19-15-6-4-5-11-17-16(15)18/h7-10,12,15H,3-6,11H2,1-2H3,(H,17,18). The lowest BCUT2D eigenvalue weighted by Crippen LogP contribution is -2.36. The van der Waals surface area contributed by atoms with Crippen molar-refractivity contribution in [2.75, 3.05) is 6.54 Å². The van der Waals surface area contributed by atoms with Crippen molar-refractivity contribution in [3.05, 3.63) is 29.8 Å². The second kappa shape index (κ2) is 6.60. The van der Waals surface area contributed by atoms with Crippen LogP contribution in [0.1, 0.15) is 51.0 Å². The number of rotatable bonds is 4. The number of carbonyl (C=O) groups excluding carboxylic acids is 1. The van der Waals surface area contributed by atoms with E-state index in [-0.39, 0.29) is 12.0 Å². The Labute approximate surface area is 115 Å². The maximum Gasteiger partial charge on any atom is 0.261 e. The van der Waals surface area contributed by atoms with Gasteiger partial charge in [0, 0.05) is 6.54 Å². The summed E-state index contributed by atoms with van der Waals surface area (Å²) in [4.78, 5) is 11.8. The maximum atomic E-state index is 11.8. The Balaban J connectivity index is 2.00. The van der Waals surface area contributed by atoms with Gasteiger partial charge in [-0.25, -0.2) is 0 Å². The Morgan fingerprint density at radius 2 is 2.05 bits per heavy atom. The Kier molecular flexibility index (Phi) is 4.83. The number of benzene rings is 1.